The average Bonchev–Trinajstić information content (AvgIpc) is 2.54. The van der Waals surface area contributed by atoms with Gasteiger partial charge in [-0.05, 0) is 17.7 Å². The van der Waals surface area contributed by atoms with Crippen molar-refractivity contribution in [3.63, 3.8) is 0 Å². The van der Waals surface area contributed by atoms with Crippen LogP contribution in [0.5, 0.6) is 0 Å². The van der Waals surface area contributed by atoms with Crippen molar-refractivity contribution in [1.82, 2.24) is 0 Å². The van der Waals surface area contributed by atoms with Gasteiger partial charge in [0.25, 0.3) is 0 Å². The summed E-state index contributed by atoms with van der Waals surface area (Å²) in [6.07, 6.45) is 0. The maximum absolute atomic E-state index is 10.7. The van der Waals surface area contributed by atoms with E-state index in [-0.39, 0.29) is 11.6 Å². The van der Waals surface area contributed by atoms with Crippen LogP contribution in [0.4, 0.5) is 0 Å². The third-order valence-corrected chi connectivity index (χ3v) is 2.81. The fourth-order valence-electron chi connectivity index (χ4n) is 1.77. The Kier molecular flexibility index (Phi) is 5.49. The molecule has 22 heavy (non-hydrogen) atoms. The molecule has 2 aromatic carbocycles. The van der Waals surface area contributed by atoms with Crippen LogP contribution in [0.1, 0.15) is 12.5 Å². The van der Waals surface area contributed by atoms with E-state index in [2.05, 4.69) is 0 Å². The summed E-state index contributed by atoms with van der Waals surface area (Å²) in [7, 11) is 0. The number of hydrogen-bond acceptors (Lipinski definition) is 4. The first-order valence-electron chi connectivity index (χ1n) is 6.81. The molecule has 112 valence electrons. The summed E-state index contributed by atoms with van der Waals surface area (Å²) >= 11 is 0. The van der Waals surface area contributed by atoms with Crippen LogP contribution in [-0.4, -0.2) is 5.97 Å². The molecular formula is C18H16O4. The third-order valence-electron chi connectivity index (χ3n) is 2.81. The fraction of sp³-hybridized carbons (Fsp3) is 0.111. The smallest absolute Gasteiger partial charge is 0.336 e. The van der Waals surface area contributed by atoms with E-state index >= 15 is 0 Å². The van der Waals surface area contributed by atoms with E-state index in [1.807, 2.05) is 48.5 Å². The molecule has 1 aromatic heterocycles. The Bertz CT molecular complexity index is 791. The number of rotatable bonds is 2. The first-order valence-corrected chi connectivity index (χ1v) is 6.81. The monoisotopic (exact) mass is 296 g/mol. The Hall–Kier alpha value is -2.88. The van der Waals surface area contributed by atoms with E-state index in [1.165, 1.54) is 13.0 Å². The molecule has 0 aliphatic rings. The molecule has 0 bridgehead atoms. The summed E-state index contributed by atoms with van der Waals surface area (Å²) in [5, 5.41) is 0.951. The molecule has 4 heteroatoms. The highest BCUT2D eigenvalue weighted by atomic mass is 16.5. The van der Waals surface area contributed by atoms with E-state index in [9.17, 15) is 9.59 Å². The number of hydrogen-bond donors (Lipinski definition) is 0. The van der Waals surface area contributed by atoms with Gasteiger partial charge in [0.2, 0.25) is 0 Å². The van der Waals surface area contributed by atoms with Gasteiger partial charge in [0.1, 0.15) is 12.2 Å². The van der Waals surface area contributed by atoms with Gasteiger partial charge in [0.05, 0.1) is 0 Å². The number of fused-ring (bicyclic) bond motifs is 1. The molecule has 1 heterocycles. The lowest BCUT2D eigenvalue weighted by Crippen LogP contribution is -1.97. The Balaban J connectivity index is 0.000000160. The van der Waals surface area contributed by atoms with Crippen molar-refractivity contribution in [3.05, 3.63) is 82.7 Å². The molecule has 0 unspecified atom stereocenters. The predicted molar refractivity (Wildman–Crippen MR) is 84.4 cm³/mol. The zero-order valence-corrected chi connectivity index (χ0v) is 12.2. The van der Waals surface area contributed by atoms with Crippen LogP contribution < -0.4 is 5.63 Å². The van der Waals surface area contributed by atoms with Crippen LogP contribution in [0.2, 0.25) is 0 Å². The molecule has 0 aliphatic heterocycles. The molecule has 0 aliphatic carbocycles. The molecule has 0 saturated heterocycles. The van der Waals surface area contributed by atoms with Crippen molar-refractivity contribution in [2.45, 2.75) is 13.5 Å². The zero-order chi connectivity index (χ0) is 15.8. The van der Waals surface area contributed by atoms with Crippen LogP contribution in [0.25, 0.3) is 11.0 Å². The fourth-order valence-corrected chi connectivity index (χ4v) is 1.77. The lowest BCUT2D eigenvalue weighted by Gasteiger charge is -1.99. The van der Waals surface area contributed by atoms with Gasteiger partial charge in [0.15, 0.2) is 0 Å². The second-order valence-electron chi connectivity index (χ2n) is 4.56. The third kappa shape index (κ3) is 4.90. The molecular weight excluding hydrogens is 280 g/mol. The van der Waals surface area contributed by atoms with Gasteiger partial charge < -0.3 is 9.15 Å². The van der Waals surface area contributed by atoms with E-state index in [4.69, 9.17) is 9.15 Å². The predicted octanol–water partition coefficient (Wildman–Crippen LogP) is 3.54. The van der Waals surface area contributed by atoms with Gasteiger partial charge in [-0.3, -0.25) is 4.79 Å². The van der Waals surface area contributed by atoms with E-state index in [0.717, 1.165) is 10.9 Å². The maximum Gasteiger partial charge on any atom is 0.336 e. The summed E-state index contributed by atoms with van der Waals surface area (Å²) in [5.74, 6) is -0.242. The van der Waals surface area contributed by atoms with Crippen molar-refractivity contribution in [3.8, 4) is 0 Å². The molecule has 0 saturated carbocycles. The molecule has 4 nitrogen and oxygen atoms in total. The minimum atomic E-state index is -0.302. The van der Waals surface area contributed by atoms with Crippen molar-refractivity contribution in [2.75, 3.05) is 0 Å². The quantitative estimate of drug-likeness (QED) is 0.536. The van der Waals surface area contributed by atoms with E-state index in [0.29, 0.717) is 12.2 Å². The van der Waals surface area contributed by atoms with Gasteiger partial charge in [-0.2, -0.15) is 0 Å². The molecule has 0 radical (unpaired) electrons. The first kappa shape index (κ1) is 15.5. The maximum atomic E-state index is 10.7. The highest BCUT2D eigenvalue weighted by Gasteiger charge is 1.93. The summed E-state index contributed by atoms with van der Waals surface area (Å²) in [4.78, 5) is 21.1. The normalized spacial score (nSPS) is 9.68. The van der Waals surface area contributed by atoms with Crippen LogP contribution in [-0.2, 0) is 16.1 Å². The highest BCUT2D eigenvalue weighted by Crippen LogP contribution is 2.08. The number of esters is 1. The van der Waals surface area contributed by atoms with Crippen LogP contribution in [0.15, 0.2) is 75.9 Å². The summed E-state index contributed by atoms with van der Waals surface area (Å²) in [5.41, 5.74) is 1.35. The minimum Gasteiger partial charge on any atom is -0.461 e. The first-order chi connectivity index (χ1) is 10.6. The topological polar surface area (TPSA) is 56.5 Å². The van der Waals surface area contributed by atoms with Gasteiger partial charge in [-0.1, -0.05) is 48.5 Å². The van der Waals surface area contributed by atoms with E-state index in [1.54, 1.807) is 12.1 Å². The molecule has 0 atom stereocenters. The van der Waals surface area contributed by atoms with Gasteiger partial charge in [-0.25, -0.2) is 4.79 Å². The Labute approximate surface area is 128 Å². The second-order valence-corrected chi connectivity index (χ2v) is 4.56. The second kappa shape index (κ2) is 7.78. The Morgan fingerprint density at radius 3 is 2.36 bits per heavy atom. The van der Waals surface area contributed by atoms with Gasteiger partial charge in [-0.15, -0.1) is 0 Å². The Morgan fingerprint density at radius 2 is 1.64 bits per heavy atom. The number of carbonyl (C=O) groups is 1. The van der Waals surface area contributed by atoms with Crippen LogP contribution >= 0.6 is 0 Å². The highest BCUT2D eigenvalue weighted by molar-refractivity contribution is 5.75. The van der Waals surface area contributed by atoms with Gasteiger partial charge in [0, 0.05) is 18.4 Å². The molecule has 0 spiro atoms. The standard InChI is InChI=1S/C9H6O2.C9H10O2/c10-9-6-5-7-3-1-2-4-8(7)11-9;1-8(10)11-7-9-5-3-2-4-6-9/h1-6H;2-6H,7H2,1H3. The van der Waals surface area contributed by atoms with Crippen molar-refractivity contribution in [1.29, 1.82) is 0 Å². The summed E-state index contributed by atoms with van der Waals surface area (Å²) in [6, 6.07) is 20.2. The molecule has 0 N–H and O–H groups in total. The SMILES string of the molecule is CC(=O)OCc1ccccc1.O=c1ccc2ccccc2o1. The van der Waals surface area contributed by atoms with Crippen molar-refractivity contribution in [2.24, 2.45) is 0 Å². The number of para-hydroxylation sites is 1. The lowest BCUT2D eigenvalue weighted by atomic mass is 10.2. The molecule has 0 amide bonds. The van der Waals surface area contributed by atoms with Gasteiger partial charge >= 0.3 is 11.6 Å². The minimum absolute atomic E-state index is 0.242. The summed E-state index contributed by atoms with van der Waals surface area (Å²) in [6.45, 7) is 1.78. The average molecular weight is 296 g/mol. The largest absolute Gasteiger partial charge is 0.461 e. The Morgan fingerprint density at radius 1 is 0.955 bits per heavy atom. The molecule has 0 fully saturated rings. The zero-order valence-electron chi connectivity index (χ0n) is 12.2. The number of benzene rings is 2. The van der Waals surface area contributed by atoms with Crippen molar-refractivity contribution >= 4 is 16.9 Å². The molecule has 3 aromatic rings. The number of carbonyl (C=O) groups excluding carboxylic acids is 1. The lowest BCUT2D eigenvalue weighted by molar-refractivity contribution is -0.142. The number of ether oxygens (including phenoxy) is 1. The van der Waals surface area contributed by atoms with Crippen molar-refractivity contribution < 1.29 is 13.9 Å². The summed E-state index contributed by atoms with van der Waals surface area (Å²) < 4.78 is 9.70. The molecule has 3 rings (SSSR count). The van der Waals surface area contributed by atoms with E-state index < -0.39 is 0 Å². The van der Waals surface area contributed by atoms with Crippen LogP contribution in [0.3, 0.4) is 0 Å². The van der Waals surface area contributed by atoms with Crippen LogP contribution in [0, 0.1) is 0 Å².